The average Bonchev–Trinajstić information content (AvgIpc) is 3.01. The zero-order chi connectivity index (χ0) is 12.5. The zero-order valence-corrected chi connectivity index (χ0v) is 10.2. The lowest BCUT2D eigenvalue weighted by Crippen LogP contribution is -2.14. The highest BCUT2D eigenvalue weighted by Gasteiger charge is 2.22. The van der Waals surface area contributed by atoms with Crippen LogP contribution in [0.2, 0.25) is 5.02 Å². The van der Waals surface area contributed by atoms with E-state index in [4.69, 9.17) is 16.1 Å². The van der Waals surface area contributed by atoms with Crippen molar-refractivity contribution in [2.24, 2.45) is 0 Å². The van der Waals surface area contributed by atoms with Gasteiger partial charge in [-0.15, -0.1) is 0 Å². The number of aromatic nitrogens is 2. The van der Waals surface area contributed by atoms with E-state index in [0.29, 0.717) is 17.3 Å². The SMILES string of the molecule is Fc1cc(-c2nc(C3CCCN3)no2)ccc1Cl. The summed E-state index contributed by atoms with van der Waals surface area (Å²) in [4.78, 5) is 4.28. The summed E-state index contributed by atoms with van der Waals surface area (Å²) in [6.07, 6.45) is 2.10. The molecule has 1 saturated heterocycles. The molecule has 1 unspecified atom stereocenters. The van der Waals surface area contributed by atoms with E-state index in [9.17, 15) is 4.39 Å². The molecule has 1 aliphatic heterocycles. The van der Waals surface area contributed by atoms with Gasteiger partial charge in [0.05, 0.1) is 11.1 Å². The molecule has 0 aliphatic carbocycles. The molecular formula is C12H11ClFN3O. The van der Waals surface area contributed by atoms with Gasteiger partial charge in [-0.1, -0.05) is 16.8 Å². The maximum absolute atomic E-state index is 13.3. The predicted molar refractivity (Wildman–Crippen MR) is 64.7 cm³/mol. The van der Waals surface area contributed by atoms with Gasteiger partial charge in [-0.05, 0) is 37.6 Å². The Kier molecular flexibility index (Phi) is 3.01. The highest BCUT2D eigenvalue weighted by molar-refractivity contribution is 6.30. The van der Waals surface area contributed by atoms with Crippen molar-refractivity contribution in [2.45, 2.75) is 18.9 Å². The van der Waals surface area contributed by atoms with E-state index in [1.165, 1.54) is 12.1 Å². The summed E-state index contributed by atoms with van der Waals surface area (Å²) < 4.78 is 18.5. The van der Waals surface area contributed by atoms with Crippen molar-refractivity contribution in [2.75, 3.05) is 6.54 Å². The van der Waals surface area contributed by atoms with E-state index in [-0.39, 0.29) is 11.1 Å². The third-order valence-electron chi connectivity index (χ3n) is 2.98. The Labute approximate surface area is 108 Å². The van der Waals surface area contributed by atoms with E-state index in [2.05, 4.69) is 15.5 Å². The van der Waals surface area contributed by atoms with Gasteiger partial charge in [0.2, 0.25) is 0 Å². The molecule has 18 heavy (non-hydrogen) atoms. The Balaban J connectivity index is 1.89. The van der Waals surface area contributed by atoms with Crippen molar-refractivity contribution < 1.29 is 8.91 Å². The molecule has 6 heteroatoms. The second-order valence-corrected chi connectivity index (χ2v) is 4.64. The second-order valence-electron chi connectivity index (χ2n) is 4.24. The Morgan fingerprint density at radius 2 is 2.33 bits per heavy atom. The van der Waals surface area contributed by atoms with Gasteiger partial charge in [-0.3, -0.25) is 0 Å². The van der Waals surface area contributed by atoms with Crippen molar-refractivity contribution >= 4 is 11.6 Å². The van der Waals surface area contributed by atoms with Crippen molar-refractivity contribution in [1.29, 1.82) is 0 Å². The molecule has 2 heterocycles. The van der Waals surface area contributed by atoms with Crippen LogP contribution in [0.1, 0.15) is 24.7 Å². The van der Waals surface area contributed by atoms with Crippen LogP contribution in [0.4, 0.5) is 4.39 Å². The fourth-order valence-electron chi connectivity index (χ4n) is 2.03. The largest absolute Gasteiger partial charge is 0.334 e. The van der Waals surface area contributed by atoms with Crippen LogP contribution < -0.4 is 5.32 Å². The van der Waals surface area contributed by atoms with E-state index in [1.807, 2.05) is 0 Å². The average molecular weight is 268 g/mol. The maximum Gasteiger partial charge on any atom is 0.258 e. The van der Waals surface area contributed by atoms with Crippen molar-refractivity contribution in [3.8, 4) is 11.5 Å². The number of nitrogens with one attached hydrogen (secondary N) is 1. The predicted octanol–water partition coefficient (Wildman–Crippen LogP) is 2.95. The first-order valence-corrected chi connectivity index (χ1v) is 6.14. The Bertz CT molecular complexity index is 566. The molecule has 0 amide bonds. The van der Waals surface area contributed by atoms with Crippen LogP contribution in [0.25, 0.3) is 11.5 Å². The van der Waals surface area contributed by atoms with Gasteiger partial charge in [-0.25, -0.2) is 4.39 Å². The first-order chi connectivity index (χ1) is 8.74. The number of nitrogens with zero attached hydrogens (tertiary/aromatic N) is 2. The molecule has 3 rings (SSSR count). The van der Waals surface area contributed by atoms with E-state index in [0.717, 1.165) is 19.4 Å². The van der Waals surface area contributed by atoms with Crippen LogP contribution in [0.5, 0.6) is 0 Å². The zero-order valence-electron chi connectivity index (χ0n) is 9.49. The monoisotopic (exact) mass is 267 g/mol. The molecule has 4 nitrogen and oxygen atoms in total. The van der Waals surface area contributed by atoms with Gasteiger partial charge in [0.25, 0.3) is 5.89 Å². The first kappa shape index (κ1) is 11.6. The summed E-state index contributed by atoms with van der Waals surface area (Å²) in [5, 5.41) is 7.28. The third-order valence-corrected chi connectivity index (χ3v) is 3.29. The van der Waals surface area contributed by atoms with Crippen molar-refractivity contribution in [1.82, 2.24) is 15.5 Å². The van der Waals surface area contributed by atoms with Gasteiger partial charge >= 0.3 is 0 Å². The fourth-order valence-corrected chi connectivity index (χ4v) is 2.15. The van der Waals surface area contributed by atoms with E-state index >= 15 is 0 Å². The maximum atomic E-state index is 13.3. The van der Waals surface area contributed by atoms with Crippen LogP contribution in [0.3, 0.4) is 0 Å². The molecule has 1 aromatic heterocycles. The number of hydrogen-bond acceptors (Lipinski definition) is 4. The summed E-state index contributed by atoms with van der Waals surface area (Å²) >= 11 is 5.63. The Morgan fingerprint density at radius 3 is 3.06 bits per heavy atom. The molecule has 1 N–H and O–H groups in total. The Hall–Kier alpha value is -1.46. The van der Waals surface area contributed by atoms with Crippen LogP contribution in [0.15, 0.2) is 22.7 Å². The standard InChI is InChI=1S/C12H11ClFN3O/c13-8-4-3-7(6-9(8)14)12-16-11(17-18-12)10-2-1-5-15-10/h3-4,6,10,15H,1-2,5H2. The van der Waals surface area contributed by atoms with Gasteiger partial charge in [0.1, 0.15) is 5.82 Å². The summed E-state index contributed by atoms with van der Waals surface area (Å²) in [7, 11) is 0. The first-order valence-electron chi connectivity index (χ1n) is 5.76. The minimum absolute atomic E-state index is 0.0796. The van der Waals surface area contributed by atoms with E-state index in [1.54, 1.807) is 6.07 Å². The number of hydrogen-bond donors (Lipinski definition) is 1. The minimum atomic E-state index is -0.493. The molecule has 0 bridgehead atoms. The van der Waals surface area contributed by atoms with Crippen LogP contribution in [-0.4, -0.2) is 16.7 Å². The molecule has 0 radical (unpaired) electrons. The summed E-state index contributed by atoms with van der Waals surface area (Å²) in [5.74, 6) is 0.444. The van der Waals surface area contributed by atoms with Gasteiger partial charge in [0, 0.05) is 5.56 Å². The van der Waals surface area contributed by atoms with Crippen LogP contribution >= 0.6 is 11.6 Å². The van der Waals surface area contributed by atoms with Crippen LogP contribution in [-0.2, 0) is 0 Å². The molecule has 0 spiro atoms. The molecule has 2 aromatic rings. The topological polar surface area (TPSA) is 51.0 Å². The molecule has 1 aliphatic rings. The normalized spacial score (nSPS) is 19.3. The summed E-state index contributed by atoms with van der Waals surface area (Å²) in [6.45, 7) is 0.962. The Morgan fingerprint density at radius 1 is 1.44 bits per heavy atom. The van der Waals surface area contributed by atoms with Gasteiger partial charge in [-0.2, -0.15) is 4.98 Å². The molecule has 94 valence electrons. The number of benzene rings is 1. The van der Waals surface area contributed by atoms with Crippen LogP contribution in [0, 0.1) is 5.82 Å². The smallest absolute Gasteiger partial charge is 0.258 e. The fraction of sp³-hybridized carbons (Fsp3) is 0.333. The molecule has 1 atom stereocenters. The molecular weight excluding hydrogens is 257 g/mol. The highest BCUT2D eigenvalue weighted by Crippen LogP contribution is 2.26. The molecule has 1 aromatic carbocycles. The lowest BCUT2D eigenvalue weighted by Gasteiger charge is -2.01. The number of halogens is 2. The quantitative estimate of drug-likeness (QED) is 0.909. The number of rotatable bonds is 2. The minimum Gasteiger partial charge on any atom is -0.334 e. The summed E-state index contributed by atoms with van der Waals surface area (Å²) in [6, 6.07) is 4.57. The molecule has 0 saturated carbocycles. The van der Waals surface area contributed by atoms with Crippen molar-refractivity contribution in [3.05, 3.63) is 34.9 Å². The molecule has 1 fully saturated rings. The van der Waals surface area contributed by atoms with Gasteiger partial charge in [0.15, 0.2) is 5.82 Å². The second kappa shape index (κ2) is 4.66. The lowest BCUT2D eigenvalue weighted by molar-refractivity contribution is 0.412. The van der Waals surface area contributed by atoms with Crippen molar-refractivity contribution in [3.63, 3.8) is 0 Å². The third kappa shape index (κ3) is 2.11. The highest BCUT2D eigenvalue weighted by atomic mass is 35.5. The van der Waals surface area contributed by atoms with Gasteiger partial charge < -0.3 is 9.84 Å². The lowest BCUT2D eigenvalue weighted by atomic mass is 10.2. The van der Waals surface area contributed by atoms with E-state index < -0.39 is 5.82 Å². The summed E-state index contributed by atoms with van der Waals surface area (Å²) in [5.41, 5.74) is 0.536.